The Morgan fingerprint density at radius 3 is 2.55 bits per heavy atom. The van der Waals surface area contributed by atoms with Crippen molar-refractivity contribution in [2.45, 2.75) is 13.0 Å². The number of carboxylic acid groups (broad SMARTS) is 1. The molecule has 0 saturated carbocycles. The number of sulfonamides is 1. The van der Waals surface area contributed by atoms with E-state index in [0.29, 0.717) is 0 Å². The molecule has 2 rings (SSSR count). The summed E-state index contributed by atoms with van der Waals surface area (Å²) in [6.45, 7) is 1.70. The Morgan fingerprint density at radius 1 is 1.20 bits per heavy atom. The molecule has 0 aliphatic carbocycles. The highest BCUT2D eigenvalue weighted by molar-refractivity contribution is 7.90. The molecule has 2 aromatic carbocycles. The largest absolute Gasteiger partial charge is 0.480 e. The Bertz CT molecular complexity index is 734. The van der Waals surface area contributed by atoms with Crippen LogP contribution in [-0.2, 0) is 14.8 Å². The molecule has 0 unspecified atom stereocenters. The highest BCUT2D eigenvalue weighted by atomic mass is 32.2. The second kappa shape index (κ2) is 5.60. The second-order valence-electron chi connectivity index (χ2n) is 4.56. The van der Waals surface area contributed by atoms with Crippen molar-refractivity contribution in [3.63, 3.8) is 0 Å². The minimum atomic E-state index is -3.85. The first-order valence-electron chi connectivity index (χ1n) is 6.08. The maximum atomic E-state index is 11.7. The first kappa shape index (κ1) is 14.5. The first-order chi connectivity index (χ1) is 9.39. The topological polar surface area (TPSA) is 83.5 Å². The number of carbonyl (C=O) groups is 1. The van der Waals surface area contributed by atoms with E-state index in [2.05, 4.69) is 4.72 Å². The van der Waals surface area contributed by atoms with Crippen molar-refractivity contribution in [2.75, 3.05) is 5.75 Å². The molecule has 0 aromatic heterocycles. The van der Waals surface area contributed by atoms with Gasteiger partial charge in [0.2, 0.25) is 10.0 Å². The zero-order valence-corrected chi connectivity index (χ0v) is 11.7. The molecule has 0 amide bonds. The number of aliphatic carboxylic acids is 1. The molecule has 2 N–H and O–H groups in total. The maximum Gasteiger partial charge on any atom is 0.320 e. The molecule has 5 nitrogen and oxygen atoms in total. The molecule has 0 radical (unpaired) electrons. The summed E-state index contributed by atoms with van der Waals surface area (Å²) in [5.74, 6) is -2.30. The minimum Gasteiger partial charge on any atom is -0.480 e. The second-order valence-corrected chi connectivity index (χ2v) is 6.31. The molecule has 0 spiro atoms. The minimum absolute atomic E-state index is 0.495. The summed E-state index contributed by atoms with van der Waals surface area (Å²) in [4.78, 5) is 10.5. The van der Waals surface area contributed by atoms with Crippen molar-refractivity contribution >= 4 is 26.8 Å². The molecule has 1 atom stereocenters. The quantitative estimate of drug-likeness (QED) is 0.882. The lowest BCUT2D eigenvalue weighted by atomic mass is 10.0. The molecule has 0 aliphatic rings. The predicted octanol–water partition coefficient (Wildman–Crippen LogP) is 1.90. The zero-order valence-electron chi connectivity index (χ0n) is 10.9. The van der Waals surface area contributed by atoms with Crippen molar-refractivity contribution in [3.8, 4) is 0 Å². The number of hydrogen-bond donors (Lipinski definition) is 2. The fraction of sp³-hybridized carbons (Fsp3) is 0.214. The van der Waals surface area contributed by atoms with Crippen molar-refractivity contribution in [1.82, 2.24) is 4.72 Å². The molecule has 20 heavy (non-hydrogen) atoms. The summed E-state index contributed by atoms with van der Waals surface area (Å²) in [6.07, 6.45) is 0. The summed E-state index contributed by atoms with van der Waals surface area (Å²) in [5.41, 5.74) is 0.817. The van der Waals surface area contributed by atoms with E-state index in [1.807, 2.05) is 42.5 Å². The number of rotatable bonds is 5. The van der Waals surface area contributed by atoms with E-state index in [0.717, 1.165) is 16.3 Å². The lowest BCUT2D eigenvalue weighted by Gasteiger charge is -2.16. The maximum absolute atomic E-state index is 11.7. The predicted molar refractivity (Wildman–Crippen MR) is 76.9 cm³/mol. The van der Waals surface area contributed by atoms with Crippen LogP contribution in [0.3, 0.4) is 0 Å². The summed E-state index contributed by atoms with van der Waals surface area (Å²) in [7, 11) is -3.85. The van der Waals surface area contributed by atoms with E-state index in [9.17, 15) is 13.2 Å². The standard InChI is InChI=1S/C14H15NO4S/c1-10(15-20(18,19)9-14(16)17)12-8-4-6-11-5-2-3-7-13(11)12/h2-8,10,15H,9H2,1H3,(H,16,17)/t10-/m1/s1. The third kappa shape index (κ3) is 3.34. The molecular weight excluding hydrogens is 278 g/mol. The monoisotopic (exact) mass is 293 g/mol. The van der Waals surface area contributed by atoms with Gasteiger partial charge in [-0.1, -0.05) is 42.5 Å². The van der Waals surface area contributed by atoms with Gasteiger partial charge in [-0.15, -0.1) is 0 Å². The molecular formula is C14H15NO4S. The van der Waals surface area contributed by atoms with Crippen LogP contribution in [0, 0.1) is 0 Å². The average Bonchev–Trinajstić information content (AvgIpc) is 2.35. The van der Waals surface area contributed by atoms with Gasteiger partial charge >= 0.3 is 5.97 Å². The SMILES string of the molecule is C[C@@H](NS(=O)(=O)CC(=O)O)c1cccc2ccccc12. The lowest BCUT2D eigenvalue weighted by molar-refractivity contribution is -0.134. The van der Waals surface area contributed by atoms with Crippen LogP contribution < -0.4 is 4.72 Å². The van der Waals surface area contributed by atoms with E-state index < -0.39 is 27.8 Å². The van der Waals surface area contributed by atoms with Gasteiger partial charge < -0.3 is 5.11 Å². The molecule has 0 bridgehead atoms. The number of hydrogen-bond acceptors (Lipinski definition) is 3. The van der Waals surface area contributed by atoms with Gasteiger partial charge in [-0.05, 0) is 23.3 Å². The van der Waals surface area contributed by atoms with E-state index in [1.54, 1.807) is 6.92 Å². The van der Waals surface area contributed by atoms with Crippen LogP contribution >= 0.6 is 0 Å². The number of fused-ring (bicyclic) bond motifs is 1. The Morgan fingerprint density at radius 2 is 1.85 bits per heavy atom. The normalized spacial score (nSPS) is 13.2. The van der Waals surface area contributed by atoms with Gasteiger partial charge in [-0.3, -0.25) is 4.79 Å². The van der Waals surface area contributed by atoms with Crippen LogP contribution in [-0.4, -0.2) is 25.2 Å². The molecule has 0 saturated heterocycles. The van der Waals surface area contributed by atoms with Gasteiger partial charge in [-0.25, -0.2) is 13.1 Å². The third-order valence-electron chi connectivity index (χ3n) is 2.96. The fourth-order valence-corrected chi connectivity index (χ4v) is 3.24. The summed E-state index contributed by atoms with van der Waals surface area (Å²) >= 11 is 0. The van der Waals surface area contributed by atoms with Crippen LogP contribution in [0.5, 0.6) is 0 Å². The van der Waals surface area contributed by atoms with Crippen LogP contribution in [0.25, 0.3) is 10.8 Å². The summed E-state index contributed by atoms with van der Waals surface area (Å²) in [5, 5.41) is 10.5. The average molecular weight is 293 g/mol. The van der Waals surface area contributed by atoms with E-state index in [4.69, 9.17) is 5.11 Å². The lowest BCUT2D eigenvalue weighted by Crippen LogP contribution is -2.32. The smallest absolute Gasteiger partial charge is 0.320 e. The number of benzene rings is 2. The van der Waals surface area contributed by atoms with Gasteiger partial charge in [0.15, 0.2) is 5.75 Å². The van der Waals surface area contributed by atoms with E-state index in [-0.39, 0.29) is 0 Å². The number of carboxylic acids is 1. The van der Waals surface area contributed by atoms with E-state index >= 15 is 0 Å². The van der Waals surface area contributed by atoms with E-state index in [1.165, 1.54) is 0 Å². The Kier molecular flexibility index (Phi) is 4.06. The molecule has 6 heteroatoms. The van der Waals surface area contributed by atoms with Crippen molar-refractivity contribution in [3.05, 3.63) is 48.0 Å². The van der Waals surface area contributed by atoms with Gasteiger partial charge in [0.25, 0.3) is 0 Å². The summed E-state index contributed by atoms with van der Waals surface area (Å²) < 4.78 is 25.7. The van der Waals surface area contributed by atoms with Gasteiger partial charge in [0.05, 0.1) is 0 Å². The van der Waals surface area contributed by atoms with Crippen LogP contribution in [0.2, 0.25) is 0 Å². The first-order valence-corrected chi connectivity index (χ1v) is 7.74. The van der Waals surface area contributed by atoms with Gasteiger partial charge in [0, 0.05) is 6.04 Å². The molecule has 106 valence electrons. The Labute approximate surface area is 117 Å². The molecule has 0 fully saturated rings. The molecule has 0 aliphatic heterocycles. The fourth-order valence-electron chi connectivity index (χ4n) is 2.17. The Hall–Kier alpha value is -1.92. The van der Waals surface area contributed by atoms with Gasteiger partial charge in [0.1, 0.15) is 0 Å². The molecule has 2 aromatic rings. The van der Waals surface area contributed by atoms with Gasteiger partial charge in [-0.2, -0.15) is 0 Å². The van der Waals surface area contributed by atoms with Crippen molar-refractivity contribution in [2.24, 2.45) is 0 Å². The van der Waals surface area contributed by atoms with Crippen molar-refractivity contribution in [1.29, 1.82) is 0 Å². The van der Waals surface area contributed by atoms with Crippen molar-refractivity contribution < 1.29 is 18.3 Å². The summed E-state index contributed by atoms with van der Waals surface area (Å²) in [6, 6.07) is 12.8. The third-order valence-corrected chi connectivity index (χ3v) is 4.30. The highest BCUT2D eigenvalue weighted by Crippen LogP contribution is 2.24. The zero-order chi connectivity index (χ0) is 14.8. The number of nitrogens with one attached hydrogen (secondary N) is 1. The van der Waals surface area contributed by atoms with Crippen LogP contribution in [0.1, 0.15) is 18.5 Å². The molecule has 0 heterocycles. The van der Waals surface area contributed by atoms with Crippen LogP contribution in [0.15, 0.2) is 42.5 Å². The van der Waals surface area contributed by atoms with Crippen LogP contribution in [0.4, 0.5) is 0 Å². The highest BCUT2D eigenvalue weighted by Gasteiger charge is 2.20. The Balaban J connectivity index is 2.33.